The third-order valence-corrected chi connectivity index (χ3v) is 17.5. The topological polar surface area (TPSA) is 43.2 Å². The molecule has 0 fully saturated rings. The molecule has 0 saturated carbocycles. The Morgan fingerprint density at radius 3 is 1.00 bits per heavy atom. The maximum atomic E-state index is 7.19. The predicted molar refractivity (Wildman–Crippen MR) is 330 cm³/mol. The van der Waals surface area contributed by atoms with Crippen LogP contribution in [0, 0.1) is 0 Å². The maximum Gasteiger partial charge on any atom is 0.881 e. The first-order valence-corrected chi connectivity index (χ1v) is 32.4. The van der Waals surface area contributed by atoms with Crippen LogP contribution in [0.5, 0.6) is 11.5 Å². The minimum absolute atomic E-state index is 0.151. The van der Waals surface area contributed by atoms with Crippen molar-refractivity contribution in [2.24, 2.45) is 9.98 Å². The molecular weight excluding hydrogens is 932 g/mol. The minimum atomic E-state index is -0.913. The van der Waals surface area contributed by atoms with Gasteiger partial charge in [-0.05, 0) is 146 Å². The predicted octanol–water partition coefficient (Wildman–Crippen LogP) is 19.6. The lowest BCUT2D eigenvalue weighted by Gasteiger charge is -2.40. The van der Waals surface area contributed by atoms with Crippen molar-refractivity contribution >= 4 is 39.7 Å². The number of para-hydroxylation sites is 2. The third kappa shape index (κ3) is 20.7. The Kier molecular flexibility index (Phi) is 28.8. The molecule has 0 aliphatic carbocycles. The summed E-state index contributed by atoms with van der Waals surface area (Å²) in [5.41, 5.74) is 8.82. The number of hydrogen-bond acceptors (Lipinski definition) is 4. The van der Waals surface area contributed by atoms with Gasteiger partial charge in [-0.25, -0.2) is 0 Å². The molecule has 6 nitrogen and oxygen atoms in total. The molecule has 0 saturated heterocycles. The molecular formula is C68H114AlN4O2+2. The van der Waals surface area contributed by atoms with Crippen molar-refractivity contribution in [2.45, 2.75) is 261 Å². The van der Waals surface area contributed by atoms with Crippen LogP contribution in [-0.2, 0) is 10.8 Å². The van der Waals surface area contributed by atoms with Gasteiger partial charge in [-0.15, -0.1) is 0 Å². The molecule has 419 valence electrons. The van der Waals surface area contributed by atoms with Crippen LogP contribution in [0.25, 0.3) is 0 Å². The Bertz CT molecular complexity index is 2040. The Hall–Kier alpha value is -2.95. The summed E-state index contributed by atoms with van der Waals surface area (Å²) < 4.78 is 16.9. The highest BCUT2D eigenvalue weighted by molar-refractivity contribution is 6.21. The lowest BCUT2D eigenvalue weighted by molar-refractivity contribution is -0.929. The van der Waals surface area contributed by atoms with Crippen molar-refractivity contribution in [1.29, 1.82) is 0 Å². The summed E-state index contributed by atoms with van der Waals surface area (Å²) in [6.45, 7) is 43.5. The Balaban J connectivity index is 1.92. The summed E-state index contributed by atoms with van der Waals surface area (Å²) in [5, 5.41) is 0. The largest absolute Gasteiger partial charge is 0.881 e. The van der Waals surface area contributed by atoms with Crippen molar-refractivity contribution < 1.29 is 16.5 Å². The summed E-state index contributed by atoms with van der Waals surface area (Å²) in [4.78, 5) is 10.6. The zero-order valence-corrected chi connectivity index (χ0v) is 52.5. The van der Waals surface area contributed by atoms with Gasteiger partial charge in [0.1, 0.15) is 0 Å². The smallest absolute Gasteiger partial charge is 0.615 e. The number of quaternary nitrogens is 2. The average molecular weight is 1050 g/mol. The lowest BCUT2D eigenvalue weighted by Crippen LogP contribution is -2.51. The van der Waals surface area contributed by atoms with E-state index >= 15 is 0 Å². The standard InChI is InChI=1S/C68H114N4O2.Al/c1-15-23-35-55(36-24-16-2)57-49-59(65(73)61(51-57)67(9,10)11)53-69-63-39-31-32-40-64(63)70-54-60-50-58(52-62(66(60)74)68(12,13)14)56(37-33-47-71(41-25-17-3,42-26-18-4)43-27-19-5)38-34-48-72(44-28-20-6,45-29-21-7)46-30-22-8;/h31-32,39-40,49-56H,15-30,33-38,41-48H2,1-14H3;/q;+2. The van der Waals surface area contributed by atoms with Crippen LogP contribution in [0.2, 0.25) is 0 Å². The van der Waals surface area contributed by atoms with E-state index in [2.05, 4.69) is 152 Å². The number of hydrogen-bond donors (Lipinski definition) is 0. The maximum absolute atomic E-state index is 7.19. The van der Waals surface area contributed by atoms with Gasteiger partial charge >= 0.3 is 15.9 Å². The molecule has 0 unspecified atom stereocenters. The molecule has 0 aromatic heterocycles. The van der Waals surface area contributed by atoms with Gasteiger partial charge < -0.3 is 16.5 Å². The molecule has 0 atom stereocenters. The van der Waals surface area contributed by atoms with Crippen LogP contribution in [0.1, 0.15) is 283 Å². The third-order valence-electron chi connectivity index (χ3n) is 16.8. The van der Waals surface area contributed by atoms with E-state index in [-0.39, 0.29) is 10.8 Å². The zero-order valence-electron chi connectivity index (χ0n) is 51.3. The Morgan fingerprint density at radius 1 is 0.413 bits per heavy atom. The van der Waals surface area contributed by atoms with Gasteiger partial charge in [-0.2, -0.15) is 0 Å². The summed E-state index contributed by atoms with van der Waals surface area (Å²) in [6, 6.07) is 18.3. The van der Waals surface area contributed by atoms with E-state index < -0.39 is 15.9 Å². The fourth-order valence-electron chi connectivity index (χ4n) is 12.0. The number of aliphatic imine (C=N–C) groups is 2. The van der Waals surface area contributed by atoms with E-state index in [0.717, 1.165) is 34.0 Å². The van der Waals surface area contributed by atoms with E-state index in [1.807, 2.05) is 6.21 Å². The normalized spacial score (nSPS) is 13.4. The summed E-state index contributed by atoms with van der Waals surface area (Å²) in [6.07, 6.45) is 32.0. The fourth-order valence-corrected chi connectivity index (χ4v) is 12.7. The van der Waals surface area contributed by atoms with Crippen LogP contribution >= 0.6 is 0 Å². The van der Waals surface area contributed by atoms with Crippen molar-refractivity contribution in [3.8, 4) is 11.5 Å². The first-order chi connectivity index (χ1) is 36.1. The van der Waals surface area contributed by atoms with Gasteiger partial charge in [0.25, 0.3) is 0 Å². The molecule has 0 N–H and O–H groups in total. The molecule has 3 aromatic rings. The molecule has 1 radical (unpaired) electrons. The second-order valence-corrected chi connectivity index (χ2v) is 26.0. The van der Waals surface area contributed by atoms with Crippen LogP contribution in [0.15, 0.2) is 58.5 Å². The van der Waals surface area contributed by atoms with E-state index in [4.69, 9.17) is 17.6 Å². The fraction of sp³-hybridized carbons (Fsp3) is 0.706. The van der Waals surface area contributed by atoms with E-state index in [0.29, 0.717) is 11.8 Å². The molecule has 3 aromatic carbocycles. The molecule has 0 spiro atoms. The number of rotatable bonds is 34. The lowest BCUT2D eigenvalue weighted by atomic mass is 9.80. The van der Waals surface area contributed by atoms with Crippen LogP contribution in [0.3, 0.4) is 0 Å². The number of unbranched alkanes of at least 4 members (excludes halogenated alkanes) is 8. The number of fused-ring (bicyclic) bond motifs is 3. The molecule has 0 amide bonds. The van der Waals surface area contributed by atoms with E-state index in [1.165, 1.54) is 225 Å². The summed E-state index contributed by atoms with van der Waals surface area (Å²) >= 11 is -0.913. The Morgan fingerprint density at radius 2 is 0.707 bits per heavy atom. The molecule has 1 aliphatic heterocycles. The monoisotopic (exact) mass is 1050 g/mol. The van der Waals surface area contributed by atoms with Crippen LogP contribution in [0.4, 0.5) is 11.4 Å². The highest BCUT2D eigenvalue weighted by Gasteiger charge is 2.32. The summed E-state index contributed by atoms with van der Waals surface area (Å²) in [7, 11) is 0. The van der Waals surface area contributed by atoms with Gasteiger partial charge in [0.05, 0.1) is 75.2 Å². The first kappa shape index (κ1) is 64.6. The highest BCUT2D eigenvalue weighted by Crippen LogP contribution is 2.42. The quantitative estimate of drug-likeness (QED) is 0.0442. The number of benzene rings is 3. The second kappa shape index (κ2) is 33.5. The highest BCUT2D eigenvalue weighted by atomic mass is 27.2. The van der Waals surface area contributed by atoms with Crippen molar-refractivity contribution in [3.05, 3.63) is 81.9 Å². The van der Waals surface area contributed by atoms with Crippen molar-refractivity contribution in [2.75, 3.05) is 52.4 Å². The average Bonchev–Trinajstić information content (AvgIpc) is 3.40. The number of nitrogens with zero attached hydrogens (tertiary/aromatic N) is 4. The SMILES string of the molecule is CCCCC(CCCC)c1cc2c(c(C(C)(C)C)c1)[O][Al][O]c1c(cc(C(CCC[N+](CCCC)(CCCC)CCCC)CCC[N+](CCCC)(CCCC)CCCC)cc1C(C)(C)C)C=Nc1ccccc1N=C2. The van der Waals surface area contributed by atoms with E-state index in [9.17, 15) is 0 Å². The van der Waals surface area contributed by atoms with Gasteiger partial charge in [0, 0.05) is 23.6 Å². The molecule has 75 heavy (non-hydrogen) atoms. The molecule has 7 heteroatoms. The molecule has 1 aliphatic rings. The van der Waals surface area contributed by atoms with E-state index in [1.54, 1.807) is 0 Å². The van der Waals surface area contributed by atoms with Gasteiger partial charge in [-0.1, -0.05) is 185 Å². The minimum Gasteiger partial charge on any atom is -0.615 e. The zero-order chi connectivity index (χ0) is 54.7. The first-order valence-electron chi connectivity index (χ1n) is 31.5. The molecule has 4 rings (SSSR count). The van der Waals surface area contributed by atoms with Crippen molar-refractivity contribution in [3.63, 3.8) is 0 Å². The van der Waals surface area contributed by atoms with Crippen LogP contribution < -0.4 is 7.58 Å². The Labute approximate surface area is 470 Å². The van der Waals surface area contributed by atoms with Crippen LogP contribution in [-0.4, -0.2) is 89.6 Å². The second-order valence-electron chi connectivity index (χ2n) is 25.4. The van der Waals surface area contributed by atoms with Gasteiger partial charge in [-0.3, -0.25) is 9.98 Å². The van der Waals surface area contributed by atoms with Gasteiger partial charge in [0.2, 0.25) is 0 Å². The van der Waals surface area contributed by atoms with Gasteiger partial charge in [0.15, 0.2) is 0 Å². The summed E-state index contributed by atoms with van der Waals surface area (Å²) in [5.74, 6) is 2.77. The van der Waals surface area contributed by atoms with Crippen molar-refractivity contribution in [1.82, 2.24) is 0 Å². The molecule has 0 bridgehead atoms. The molecule has 1 heterocycles.